The summed E-state index contributed by atoms with van der Waals surface area (Å²) < 4.78 is 0. The molecule has 0 atom stereocenters. The molecule has 0 aliphatic heterocycles. The van der Waals surface area contributed by atoms with Gasteiger partial charge in [-0.15, -0.1) is 0 Å². The quantitative estimate of drug-likeness (QED) is 0.892. The van der Waals surface area contributed by atoms with Crippen molar-refractivity contribution in [3.8, 4) is 0 Å². The topological polar surface area (TPSA) is 63.8 Å². The minimum Gasteiger partial charge on any atom is -0.383 e. The van der Waals surface area contributed by atoms with Crippen LogP contribution in [0.3, 0.4) is 0 Å². The van der Waals surface area contributed by atoms with Gasteiger partial charge in [0, 0.05) is 17.2 Å². The fourth-order valence-electron chi connectivity index (χ4n) is 2.20. The number of nitrogens with one attached hydrogen (secondary N) is 1. The van der Waals surface area contributed by atoms with Crippen LogP contribution in [0.1, 0.15) is 41.3 Å². The van der Waals surface area contributed by atoms with Crippen molar-refractivity contribution in [1.29, 1.82) is 0 Å². The summed E-state index contributed by atoms with van der Waals surface area (Å²) in [6.07, 6.45) is 2.34. The lowest BCUT2D eigenvalue weighted by molar-refractivity contribution is 0.927. The maximum Gasteiger partial charge on any atom is 0.139 e. The van der Waals surface area contributed by atoms with E-state index in [2.05, 4.69) is 47.3 Å². The molecule has 1 aliphatic carbocycles. The molecule has 0 bridgehead atoms. The number of benzene rings is 1. The largest absolute Gasteiger partial charge is 0.383 e. The van der Waals surface area contributed by atoms with Gasteiger partial charge < -0.3 is 11.1 Å². The van der Waals surface area contributed by atoms with E-state index in [-0.39, 0.29) is 0 Å². The van der Waals surface area contributed by atoms with E-state index in [1.807, 2.05) is 6.92 Å². The summed E-state index contributed by atoms with van der Waals surface area (Å²) in [5.41, 5.74) is 10.4. The second-order valence-corrected chi connectivity index (χ2v) is 5.66. The molecule has 3 N–H and O–H groups in total. The van der Waals surface area contributed by atoms with E-state index < -0.39 is 0 Å². The molecule has 104 valence electrons. The number of aromatic nitrogens is 2. The minimum absolute atomic E-state index is 0.497. The van der Waals surface area contributed by atoms with Crippen LogP contribution in [0.4, 0.5) is 17.3 Å². The Hall–Kier alpha value is -2.10. The summed E-state index contributed by atoms with van der Waals surface area (Å²) in [7, 11) is 0. The Balaban J connectivity index is 1.99. The molecular weight excluding hydrogens is 248 g/mol. The molecule has 1 aromatic heterocycles. The SMILES string of the molecule is Cc1ccc(C)c(Nc2nc(C3CC3)nc(N)c2C)c1. The second kappa shape index (κ2) is 4.78. The molecule has 0 spiro atoms. The van der Waals surface area contributed by atoms with Gasteiger partial charge >= 0.3 is 0 Å². The number of nitrogen functional groups attached to an aromatic ring is 1. The first-order valence-electron chi connectivity index (χ1n) is 7.03. The van der Waals surface area contributed by atoms with Crippen LogP contribution in [0.25, 0.3) is 0 Å². The Labute approximate surface area is 119 Å². The number of anilines is 3. The van der Waals surface area contributed by atoms with Crippen molar-refractivity contribution in [2.24, 2.45) is 0 Å². The highest BCUT2D eigenvalue weighted by Gasteiger charge is 2.28. The Morgan fingerprint density at radius 2 is 1.90 bits per heavy atom. The number of aryl methyl sites for hydroxylation is 2. The smallest absolute Gasteiger partial charge is 0.139 e. The molecule has 0 radical (unpaired) electrons. The van der Waals surface area contributed by atoms with E-state index in [9.17, 15) is 0 Å². The number of rotatable bonds is 3. The molecule has 1 aliphatic rings. The van der Waals surface area contributed by atoms with Gasteiger partial charge in [0.15, 0.2) is 0 Å². The third-order valence-electron chi connectivity index (χ3n) is 3.79. The molecule has 1 aromatic carbocycles. The predicted molar refractivity (Wildman–Crippen MR) is 82.4 cm³/mol. The Morgan fingerprint density at radius 3 is 2.60 bits per heavy atom. The van der Waals surface area contributed by atoms with Gasteiger partial charge in [-0.25, -0.2) is 9.97 Å². The maximum atomic E-state index is 6.02. The summed E-state index contributed by atoms with van der Waals surface area (Å²) in [6, 6.07) is 6.35. The molecule has 20 heavy (non-hydrogen) atoms. The second-order valence-electron chi connectivity index (χ2n) is 5.66. The van der Waals surface area contributed by atoms with Gasteiger partial charge in [0.05, 0.1) is 0 Å². The van der Waals surface area contributed by atoms with Crippen molar-refractivity contribution in [2.75, 3.05) is 11.1 Å². The summed E-state index contributed by atoms with van der Waals surface area (Å²) in [6.45, 7) is 6.13. The molecule has 4 heteroatoms. The fourth-order valence-corrected chi connectivity index (χ4v) is 2.20. The van der Waals surface area contributed by atoms with E-state index in [0.717, 1.165) is 22.9 Å². The van der Waals surface area contributed by atoms with Crippen LogP contribution in [0.5, 0.6) is 0 Å². The van der Waals surface area contributed by atoms with Crippen LogP contribution in [0.2, 0.25) is 0 Å². The molecule has 1 fully saturated rings. The first-order chi connectivity index (χ1) is 9.54. The average molecular weight is 268 g/mol. The van der Waals surface area contributed by atoms with E-state index in [0.29, 0.717) is 11.7 Å². The highest BCUT2D eigenvalue weighted by molar-refractivity contribution is 5.66. The van der Waals surface area contributed by atoms with Crippen molar-refractivity contribution >= 4 is 17.3 Å². The van der Waals surface area contributed by atoms with Gasteiger partial charge in [-0.05, 0) is 50.8 Å². The van der Waals surface area contributed by atoms with Crippen LogP contribution in [0.15, 0.2) is 18.2 Å². The molecule has 2 aromatic rings. The fraction of sp³-hybridized carbons (Fsp3) is 0.375. The first-order valence-corrected chi connectivity index (χ1v) is 7.03. The third-order valence-corrected chi connectivity index (χ3v) is 3.79. The van der Waals surface area contributed by atoms with Crippen molar-refractivity contribution in [2.45, 2.75) is 39.5 Å². The molecule has 0 amide bonds. The molecule has 4 nitrogen and oxygen atoms in total. The zero-order valence-corrected chi connectivity index (χ0v) is 12.2. The summed E-state index contributed by atoms with van der Waals surface area (Å²) in [5, 5.41) is 3.41. The zero-order chi connectivity index (χ0) is 14.3. The predicted octanol–water partition coefficient (Wildman–Crippen LogP) is 3.61. The number of hydrogen-bond donors (Lipinski definition) is 2. The third kappa shape index (κ3) is 2.46. The molecule has 1 saturated carbocycles. The molecular formula is C16H20N4. The Kier molecular flexibility index (Phi) is 3.08. The van der Waals surface area contributed by atoms with Crippen molar-refractivity contribution in [3.63, 3.8) is 0 Å². The lowest BCUT2D eigenvalue weighted by atomic mass is 10.1. The van der Waals surface area contributed by atoms with Gasteiger partial charge in [-0.3, -0.25) is 0 Å². The zero-order valence-electron chi connectivity index (χ0n) is 12.2. The van der Waals surface area contributed by atoms with Crippen LogP contribution < -0.4 is 11.1 Å². The Morgan fingerprint density at radius 1 is 1.15 bits per heavy atom. The van der Waals surface area contributed by atoms with E-state index in [4.69, 9.17) is 5.73 Å². The van der Waals surface area contributed by atoms with Crippen molar-refractivity contribution in [3.05, 3.63) is 40.7 Å². The Bertz CT molecular complexity index is 660. The van der Waals surface area contributed by atoms with Gasteiger partial charge in [0.1, 0.15) is 17.5 Å². The van der Waals surface area contributed by atoms with Crippen LogP contribution in [-0.4, -0.2) is 9.97 Å². The van der Waals surface area contributed by atoms with E-state index in [1.165, 1.54) is 24.0 Å². The van der Waals surface area contributed by atoms with Gasteiger partial charge in [0.2, 0.25) is 0 Å². The number of nitrogens with two attached hydrogens (primary N) is 1. The minimum atomic E-state index is 0.497. The normalized spacial score (nSPS) is 14.3. The molecule has 0 unspecified atom stereocenters. The average Bonchev–Trinajstić information content (AvgIpc) is 3.23. The van der Waals surface area contributed by atoms with Crippen molar-refractivity contribution in [1.82, 2.24) is 9.97 Å². The van der Waals surface area contributed by atoms with Crippen molar-refractivity contribution < 1.29 is 0 Å². The van der Waals surface area contributed by atoms with Gasteiger partial charge in [-0.1, -0.05) is 12.1 Å². The van der Waals surface area contributed by atoms with Gasteiger partial charge in [-0.2, -0.15) is 0 Å². The standard InChI is InChI=1S/C16H20N4/c1-9-4-5-10(2)13(8-9)18-15-11(3)14(17)19-16(20-15)12-6-7-12/h4-5,8,12H,6-7H2,1-3H3,(H3,17,18,19,20). The maximum absolute atomic E-state index is 6.02. The lowest BCUT2D eigenvalue weighted by Crippen LogP contribution is -2.07. The van der Waals surface area contributed by atoms with Crippen LogP contribution >= 0.6 is 0 Å². The highest BCUT2D eigenvalue weighted by atomic mass is 15.1. The summed E-state index contributed by atoms with van der Waals surface area (Å²) in [4.78, 5) is 9.06. The van der Waals surface area contributed by atoms with Crippen LogP contribution in [0, 0.1) is 20.8 Å². The summed E-state index contributed by atoms with van der Waals surface area (Å²) in [5.74, 6) is 2.78. The molecule has 1 heterocycles. The summed E-state index contributed by atoms with van der Waals surface area (Å²) >= 11 is 0. The highest BCUT2D eigenvalue weighted by Crippen LogP contribution is 2.39. The number of nitrogens with zero attached hydrogens (tertiary/aromatic N) is 2. The molecule has 0 saturated heterocycles. The van der Waals surface area contributed by atoms with Gasteiger partial charge in [0.25, 0.3) is 0 Å². The molecule has 3 rings (SSSR count). The van der Waals surface area contributed by atoms with Crippen LogP contribution in [-0.2, 0) is 0 Å². The van der Waals surface area contributed by atoms with E-state index >= 15 is 0 Å². The van der Waals surface area contributed by atoms with E-state index in [1.54, 1.807) is 0 Å². The lowest BCUT2D eigenvalue weighted by Gasteiger charge is -2.14. The number of hydrogen-bond acceptors (Lipinski definition) is 4. The first kappa shape index (κ1) is 12.9. The monoisotopic (exact) mass is 268 g/mol.